The summed E-state index contributed by atoms with van der Waals surface area (Å²) in [5.74, 6) is 0.176. The van der Waals surface area contributed by atoms with E-state index in [-0.39, 0.29) is 16.9 Å². The predicted octanol–water partition coefficient (Wildman–Crippen LogP) is 2.97. The third-order valence-corrected chi connectivity index (χ3v) is 5.03. The summed E-state index contributed by atoms with van der Waals surface area (Å²) in [6.07, 6.45) is 6.72. The fraction of sp³-hybridized carbons (Fsp3) is 0.429. The Balaban J connectivity index is 1.67. The number of carbonyl (C=O) groups excluding carboxylic acids is 1. The minimum Gasteiger partial charge on any atom is -0.492 e. The van der Waals surface area contributed by atoms with Gasteiger partial charge in [-0.1, -0.05) is 12.8 Å². The summed E-state index contributed by atoms with van der Waals surface area (Å²) in [7, 11) is 1.28. The van der Waals surface area contributed by atoms with Crippen LogP contribution in [0, 0.1) is 11.3 Å². The zero-order chi connectivity index (χ0) is 19.9. The fourth-order valence-corrected chi connectivity index (χ4v) is 3.47. The summed E-state index contributed by atoms with van der Waals surface area (Å²) in [5.41, 5.74) is 7.13. The number of benzene rings is 1. The highest BCUT2D eigenvalue weighted by Gasteiger charge is 2.21. The van der Waals surface area contributed by atoms with Crippen molar-refractivity contribution in [1.82, 2.24) is 9.47 Å². The number of hydrogen-bond donors (Lipinski definition) is 1. The van der Waals surface area contributed by atoms with Crippen molar-refractivity contribution in [3.8, 4) is 17.5 Å². The van der Waals surface area contributed by atoms with Gasteiger partial charge in [0.15, 0.2) is 5.69 Å². The standard InChI is InChI=1S/C21H26N4O3/c1-27-21(26)20-19(23)16(14-22)15-25(20)17-6-8-18(9-7-17)28-13-12-24-10-4-2-3-5-11-24/h6-9,15H,2-5,10-13,23H2,1H3. The van der Waals surface area contributed by atoms with Crippen LogP contribution in [0.4, 0.5) is 5.69 Å². The second-order valence-corrected chi connectivity index (χ2v) is 6.88. The molecule has 2 aromatic rings. The number of rotatable bonds is 6. The molecule has 0 atom stereocenters. The summed E-state index contributed by atoms with van der Waals surface area (Å²) in [6.45, 7) is 3.86. The number of ether oxygens (including phenoxy) is 2. The smallest absolute Gasteiger partial charge is 0.357 e. The Morgan fingerprint density at radius 3 is 2.46 bits per heavy atom. The average molecular weight is 382 g/mol. The van der Waals surface area contributed by atoms with Crippen LogP contribution in [0.3, 0.4) is 0 Å². The van der Waals surface area contributed by atoms with E-state index >= 15 is 0 Å². The van der Waals surface area contributed by atoms with Gasteiger partial charge in [0.2, 0.25) is 0 Å². The van der Waals surface area contributed by atoms with Gasteiger partial charge in [-0.3, -0.25) is 4.90 Å². The number of methoxy groups -OCH3 is 1. The number of aromatic nitrogens is 1. The van der Waals surface area contributed by atoms with Crippen LogP contribution in [0.25, 0.3) is 5.69 Å². The summed E-state index contributed by atoms with van der Waals surface area (Å²) in [5, 5.41) is 9.20. The second-order valence-electron chi connectivity index (χ2n) is 6.88. The van der Waals surface area contributed by atoms with Crippen molar-refractivity contribution < 1.29 is 14.3 Å². The van der Waals surface area contributed by atoms with E-state index < -0.39 is 5.97 Å². The third-order valence-electron chi connectivity index (χ3n) is 5.03. The molecule has 1 aliphatic rings. The molecule has 1 saturated heterocycles. The number of carbonyl (C=O) groups is 1. The molecule has 3 rings (SSSR count). The van der Waals surface area contributed by atoms with Gasteiger partial charge in [0.25, 0.3) is 0 Å². The molecule has 0 spiro atoms. The van der Waals surface area contributed by atoms with Crippen molar-refractivity contribution in [2.45, 2.75) is 25.7 Å². The first-order valence-corrected chi connectivity index (χ1v) is 9.59. The first kappa shape index (κ1) is 19.8. The minimum atomic E-state index is -0.586. The van der Waals surface area contributed by atoms with E-state index in [1.807, 2.05) is 30.3 Å². The number of esters is 1. The molecule has 1 aromatic carbocycles. The Morgan fingerprint density at radius 1 is 1.18 bits per heavy atom. The van der Waals surface area contributed by atoms with Crippen molar-refractivity contribution in [3.05, 3.63) is 41.7 Å². The number of likely N-dealkylation sites (tertiary alicyclic amines) is 1. The van der Waals surface area contributed by atoms with E-state index in [1.165, 1.54) is 39.0 Å². The van der Waals surface area contributed by atoms with Gasteiger partial charge in [-0.15, -0.1) is 0 Å². The van der Waals surface area contributed by atoms with Crippen molar-refractivity contribution in [2.24, 2.45) is 0 Å². The van der Waals surface area contributed by atoms with E-state index in [9.17, 15) is 10.1 Å². The van der Waals surface area contributed by atoms with Crippen LogP contribution >= 0.6 is 0 Å². The summed E-state index contributed by atoms with van der Waals surface area (Å²) >= 11 is 0. The highest BCUT2D eigenvalue weighted by atomic mass is 16.5. The van der Waals surface area contributed by atoms with Gasteiger partial charge < -0.3 is 19.8 Å². The molecule has 7 heteroatoms. The normalized spacial score (nSPS) is 14.9. The molecule has 0 bridgehead atoms. The molecule has 1 aromatic heterocycles. The molecule has 0 amide bonds. The van der Waals surface area contributed by atoms with Crippen LogP contribution in [0.1, 0.15) is 41.7 Å². The Morgan fingerprint density at radius 2 is 1.86 bits per heavy atom. The molecule has 2 N–H and O–H groups in total. The first-order chi connectivity index (χ1) is 13.6. The molecule has 28 heavy (non-hydrogen) atoms. The minimum absolute atomic E-state index is 0.118. The van der Waals surface area contributed by atoms with Crippen LogP contribution in [-0.2, 0) is 4.74 Å². The Kier molecular flexibility index (Phi) is 6.56. The lowest BCUT2D eigenvalue weighted by Gasteiger charge is -2.19. The van der Waals surface area contributed by atoms with Gasteiger partial charge >= 0.3 is 5.97 Å². The molecule has 7 nitrogen and oxygen atoms in total. The van der Waals surface area contributed by atoms with Crippen LogP contribution in [0.2, 0.25) is 0 Å². The second kappa shape index (κ2) is 9.29. The van der Waals surface area contributed by atoms with E-state index in [4.69, 9.17) is 15.2 Å². The lowest BCUT2D eigenvalue weighted by Crippen LogP contribution is -2.29. The largest absolute Gasteiger partial charge is 0.492 e. The SMILES string of the molecule is COC(=O)c1c(N)c(C#N)cn1-c1ccc(OCCN2CCCCCC2)cc1. The monoisotopic (exact) mass is 382 g/mol. The number of nitrogen functional groups attached to an aromatic ring is 1. The van der Waals surface area contributed by atoms with Gasteiger partial charge in [-0.2, -0.15) is 5.26 Å². The van der Waals surface area contributed by atoms with Crippen molar-refractivity contribution in [2.75, 3.05) is 39.1 Å². The molecule has 0 radical (unpaired) electrons. The Hall–Kier alpha value is -2.98. The van der Waals surface area contributed by atoms with Crippen molar-refractivity contribution >= 4 is 11.7 Å². The van der Waals surface area contributed by atoms with Crippen LogP contribution < -0.4 is 10.5 Å². The summed E-state index contributed by atoms with van der Waals surface area (Å²) < 4.78 is 12.2. The maximum absolute atomic E-state index is 12.1. The first-order valence-electron chi connectivity index (χ1n) is 9.59. The van der Waals surface area contributed by atoms with Gasteiger partial charge in [0, 0.05) is 18.4 Å². The number of nitriles is 1. The summed E-state index contributed by atoms with van der Waals surface area (Å²) in [6, 6.07) is 9.35. The molecular formula is C21H26N4O3. The topological polar surface area (TPSA) is 93.5 Å². The molecular weight excluding hydrogens is 356 g/mol. The number of hydrogen-bond acceptors (Lipinski definition) is 6. The van der Waals surface area contributed by atoms with Gasteiger partial charge in [0.05, 0.1) is 18.4 Å². The summed E-state index contributed by atoms with van der Waals surface area (Å²) in [4.78, 5) is 14.5. The maximum atomic E-state index is 12.1. The maximum Gasteiger partial charge on any atom is 0.357 e. The zero-order valence-corrected chi connectivity index (χ0v) is 16.2. The number of nitrogens with two attached hydrogens (primary N) is 1. The van der Waals surface area contributed by atoms with Gasteiger partial charge in [-0.25, -0.2) is 4.79 Å². The molecule has 0 saturated carbocycles. The van der Waals surface area contributed by atoms with Crippen LogP contribution in [0.5, 0.6) is 5.75 Å². The molecule has 0 aliphatic carbocycles. The molecule has 1 aliphatic heterocycles. The van der Waals surface area contributed by atoms with E-state index in [1.54, 1.807) is 4.57 Å². The molecule has 0 unspecified atom stereocenters. The highest BCUT2D eigenvalue weighted by Crippen LogP contribution is 2.25. The van der Waals surface area contributed by atoms with E-state index in [2.05, 4.69) is 4.90 Å². The number of nitrogens with zero attached hydrogens (tertiary/aromatic N) is 3. The van der Waals surface area contributed by atoms with Crippen molar-refractivity contribution in [1.29, 1.82) is 5.26 Å². The average Bonchev–Trinajstić information content (AvgIpc) is 2.87. The zero-order valence-electron chi connectivity index (χ0n) is 16.2. The Bertz CT molecular complexity index is 844. The van der Waals surface area contributed by atoms with E-state index in [0.29, 0.717) is 12.3 Å². The lowest BCUT2D eigenvalue weighted by molar-refractivity contribution is 0.0593. The Labute approximate surface area is 165 Å². The van der Waals surface area contributed by atoms with E-state index in [0.717, 1.165) is 25.4 Å². The van der Waals surface area contributed by atoms with Gasteiger partial charge in [-0.05, 0) is 50.2 Å². The fourth-order valence-electron chi connectivity index (χ4n) is 3.47. The van der Waals surface area contributed by atoms with Gasteiger partial charge in [0.1, 0.15) is 18.4 Å². The van der Waals surface area contributed by atoms with Crippen LogP contribution in [-0.4, -0.2) is 48.8 Å². The lowest BCUT2D eigenvalue weighted by atomic mass is 10.2. The molecule has 2 heterocycles. The van der Waals surface area contributed by atoms with Crippen molar-refractivity contribution in [3.63, 3.8) is 0 Å². The molecule has 148 valence electrons. The molecule has 1 fully saturated rings. The number of anilines is 1. The highest BCUT2D eigenvalue weighted by molar-refractivity contribution is 5.95. The van der Waals surface area contributed by atoms with Crippen LogP contribution in [0.15, 0.2) is 30.5 Å². The quantitative estimate of drug-likeness (QED) is 0.772. The predicted molar refractivity (Wildman–Crippen MR) is 107 cm³/mol. The third kappa shape index (κ3) is 4.46.